The fourth-order valence-corrected chi connectivity index (χ4v) is 4.29. The number of aromatic nitrogens is 4. The number of carbonyl (C=O) groups excluding carboxylic acids is 1. The summed E-state index contributed by atoms with van der Waals surface area (Å²) < 4.78 is 2.01. The number of tetrazole rings is 1. The monoisotopic (exact) mass is 318 g/mol. The standard InChI is InChI=1S/C16H26N6O/c1-2-16(23)21-10-4-6-14(21)13-5-3-9-20(13)11-15-17-18-19-22(15)12-7-8-12/h12-14H,2-11H2,1H3/t13-,14+/m1/s1. The van der Waals surface area contributed by atoms with Crippen molar-refractivity contribution >= 4 is 5.91 Å². The van der Waals surface area contributed by atoms with Crippen molar-refractivity contribution in [2.45, 2.75) is 76.5 Å². The first-order valence-corrected chi connectivity index (χ1v) is 9.08. The number of rotatable bonds is 5. The van der Waals surface area contributed by atoms with Crippen molar-refractivity contribution < 1.29 is 4.79 Å². The molecule has 0 N–H and O–H groups in total. The Morgan fingerprint density at radius 2 is 1.91 bits per heavy atom. The van der Waals surface area contributed by atoms with Gasteiger partial charge in [-0.1, -0.05) is 6.92 Å². The Kier molecular flexibility index (Phi) is 4.05. The zero-order chi connectivity index (χ0) is 15.8. The average Bonchev–Trinajstić information content (AvgIpc) is 2.97. The van der Waals surface area contributed by atoms with Gasteiger partial charge in [-0.05, 0) is 55.5 Å². The molecule has 0 aromatic carbocycles. The van der Waals surface area contributed by atoms with Gasteiger partial charge in [-0.15, -0.1) is 5.10 Å². The molecule has 2 saturated heterocycles. The summed E-state index contributed by atoms with van der Waals surface area (Å²) in [7, 11) is 0. The molecule has 23 heavy (non-hydrogen) atoms. The Morgan fingerprint density at radius 3 is 2.70 bits per heavy atom. The maximum Gasteiger partial charge on any atom is 0.222 e. The minimum atomic E-state index is 0.308. The van der Waals surface area contributed by atoms with Crippen LogP contribution in [0.25, 0.3) is 0 Å². The first-order valence-electron chi connectivity index (χ1n) is 9.08. The van der Waals surface area contributed by atoms with Crippen LogP contribution in [-0.2, 0) is 11.3 Å². The van der Waals surface area contributed by atoms with Gasteiger partial charge in [0.1, 0.15) is 0 Å². The van der Waals surface area contributed by atoms with Crippen molar-refractivity contribution in [2.75, 3.05) is 13.1 Å². The second-order valence-corrected chi connectivity index (χ2v) is 7.10. The molecule has 2 atom stereocenters. The van der Waals surface area contributed by atoms with Gasteiger partial charge in [0.25, 0.3) is 0 Å². The SMILES string of the molecule is CCC(=O)N1CCC[C@H]1[C@H]1CCCN1Cc1nnnn1C1CC1. The first kappa shape index (κ1) is 15.1. The van der Waals surface area contributed by atoms with E-state index in [0.29, 0.717) is 30.5 Å². The Labute approximate surface area is 137 Å². The molecule has 4 rings (SSSR count). The van der Waals surface area contributed by atoms with E-state index in [1.807, 2.05) is 11.6 Å². The Balaban J connectivity index is 1.48. The van der Waals surface area contributed by atoms with E-state index in [1.54, 1.807) is 0 Å². The van der Waals surface area contributed by atoms with Crippen molar-refractivity contribution in [3.8, 4) is 0 Å². The summed E-state index contributed by atoms with van der Waals surface area (Å²) in [6.45, 7) is 4.81. The highest BCUT2D eigenvalue weighted by Crippen LogP contribution is 2.36. The summed E-state index contributed by atoms with van der Waals surface area (Å²) in [5.74, 6) is 1.30. The summed E-state index contributed by atoms with van der Waals surface area (Å²) in [4.78, 5) is 16.9. The summed E-state index contributed by atoms with van der Waals surface area (Å²) in [6.07, 6.45) is 7.68. The fourth-order valence-electron chi connectivity index (χ4n) is 4.29. The van der Waals surface area contributed by atoms with Crippen molar-refractivity contribution in [3.05, 3.63) is 5.82 Å². The molecule has 3 fully saturated rings. The molecule has 0 radical (unpaired) electrons. The second kappa shape index (κ2) is 6.19. The molecule has 1 aromatic heterocycles. The highest BCUT2D eigenvalue weighted by atomic mass is 16.2. The van der Waals surface area contributed by atoms with E-state index in [0.717, 1.165) is 38.3 Å². The molecule has 7 heteroatoms. The Hall–Kier alpha value is -1.50. The van der Waals surface area contributed by atoms with E-state index < -0.39 is 0 Å². The maximum absolute atomic E-state index is 12.2. The van der Waals surface area contributed by atoms with Gasteiger partial charge in [-0.25, -0.2) is 4.68 Å². The minimum absolute atomic E-state index is 0.308. The van der Waals surface area contributed by atoms with Crippen LogP contribution in [0, 0.1) is 0 Å². The van der Waals surface area contributed by atoms with E-state index >= 15 is 0 Å². The molecule has 0 bridgehead atoms. The van der Waals surface area contributed by atoms with Crippen LogP contribution in [-0.4, -0.2) is 61.1 Å². The van der Waals surface area contributed by atoms with Crippen LogP contribution in [0.4, 0.5) is 0 Å². The van der Waals surface area contributed by atoms with Crippen LogP contribution in [0.15, 0.2) is 0 Å². The lowest BCUT2D eigenvalue weighted by molar-refractivity contribution is -0.132. The maximum atomic E-state index is 12.2. The van der Waals surface area contributed by atoms with Crippen LogP contribution < -0.4 is 0 Å². The van der Waals surface area contributed by atoms with Gasteiger partial charge in [0.2, 0.25) is 5.91 Å². The topological polar surface area (TPSA) is 67.2 Å². The van der Waals surface area contributed by atoms with E-state index in [9.17, 15) is 4.79 Å². The normalized spacial score (nSPS) is 28.7. The van der Waals surface area contributed by atoms with Crippen LogP contribution in [0.5, 0.6) is 0 Å². The van der Waals surface area contributed by atoms with Crippen LogP contribution in [0.2, 0.25) is 0 Å². The molecule has 7 nitrogen and oxygen atoms in total. The molecule has 3 aliphatic rings. The third-order valence-corrected chi connectivity index (χ3v) is 5.58. The summed E-state index contributed by atoms with van der Waals surface area (Å²) in [5.41, 5.74) is 0. The van der Waals surface area contributed by atoms with Crippen molar-refractivity contribution in [3.63, 3.8) is 0 Å². The van der Waals surface area contributed by atoms with Gasteiger partial charge >= 0.3 is 0 Å². The summed E-state index contributed by atoms with van der Waals surface area (Å²) in [5, 5.41) is 12.3. The number of likely N-dealkylation sites (tertiary alicyclic amines) is 2. The first-order chi connectivity index (χ1) is 11.3. The van der Waals surface area contributed by atoms with Gasteiger partial charge in [0.05, 0.1) is 12.6 Å². The largest absolute Gasteiger partial charge is 0.338 e. The molecular formula is C16H26N6O. The number of nitrogens with zero attached hydrogens (tertiary/aromatic N) is 6. The van der Waals surface area contributed by atoms with Gasteiger partial charge < -0.3 is 4.90 Å². The fraction of sp³-hybridized carbons (Fsp3) is 0.875. The highest BCUT2D eigenvalue weighted by molar-refractivity contribution is 5.76. The molecule has 0 unspecified atom stereocenters. The van der Waals surface area contributed by atoms with E-state index in [1.165, 1.54) is 25.7 Å². The smallest absolute Gasteiger partial charge is 0.222 e. The quantitative estimate of drug-likeness (QED) is 0.820. The molecule has 1 aromatic rings. The van der Waals surface area contributed by atoms with E-state index in [-0.39, 0.29) is 0 Å². The van der Waals surface area contributed by atoms with Gasteiger partial charge in [0.15, 0.2) is 5.82 Å². The van der Waals surface area contributed by atoms with Crippen LogP contribution >= 0.6 is 0 Å². The molecule has 1 saturated carbocycles. The van der Waals surface area contributed by atoms with E-state index in [4.69, 9.17) is 0 Å². The number of amides is 1. The Morgan fingerprint density at radius 1 is 1.13 bits per heavy atom. The zero-order valence-corrected chi connectivity index (χ0v) is 13.9. The van der Waals surface area contributed by atoms with Crippen molar-refractivity contribution in [2.24, 2.45) is 0 Å². The lowest BCUT2D eigenvalue weighted by atomic mass is 10.0. The second-order valence-electron chi connectivity index (χ2n) is 7.10. The number of carbonyl (C=O) groups is 1. The zero-order valence-electron chi connectivity index (χ0n) is 13.9. The third kappa shape index (κ3) is 2.86. The highest BCUT2D eigenvalue weighted by Gasteiger charge is 2.40. The van der Waals surface area contributed by atoms with Crippen LogP contribution in [0.3, 0.4) is 0 Å². The molecular weight excluding hydrogens is 292 g/mol. The lowest BCUT2D eigenvalue weighted by Gasteiger charge is -2.34. The van der Waals surface area contributed by atoms with Crippen molar-refractivity contribution in [1.29, 1.82) is 0 Å². The predicted octanol–water partition coefficient (Wildman–Crippen LogP) is 1.37. The lowest BCUT2D eigenvalue weighted by Crippen LogP contribution is -2.48. The van der Waals surface area contributed by atoms with Crippen LogP contribution in [0.1, 0.15) is 63.7 Å². The molecule has 126 valence electrons. The summed E-state index contributed by atoms with van der Waals surface area (Å²) in [6, 6.07) is 1.37. The minimum Gasteiger partial charge on any atom is -0.338 e. The molecule has 3 heterocycles. The van der Waals surface area contributed by atoms with Gasteiger partial charge in [0, 0.05) is 25.0 Å². The predicted molar refractivity (Wildman–Crippen MR) is 84.5 cm³/mol. The third-order valence-electron chi connectivity index (χ3n) is 5.58. The molecule has 1 aliphatic carbocycles. The number of hydrogen-bond donors (Lipinski definition) is 0. The van der Waals surface area contributed by atoms with Gasteiger partial charge in [-0.3, -0.25) is 9.69 Å². The molecule has 0 spiro atoms. The molecule has 1 amide bonds. The average molecular weight is 318 g/mol. The Bertz CT molecular complexity index is 569. The summed E-state index contributed by atoms with van der Waals surface area (Å²) >= 11 is 0. The number of hydrogen-bond acceptors (Lipinski definition) is 5. The van der Waals surface area contributed by atoms with Gasteiger partial charge in [-0.2, -0.15) is 0 Å². The van der Waals surface area contributed by atoms with Crippen molar-refractivity contribution in [1.82, 2.24) is 30.0 Å². The van der Waals surface area contributed by atoms with E-state index in [2.05, 4.69) is 25.3 Å². The molecule has 2 aliphatic heterocycles.